The monoisotopic (exact) mass is 343 g/mol. The first-order chi connectivity index (χ1) is 12.1. The van der Waals surface area contributed by atoms with Crippen LogP contribution in [0.2, 0.25) is 0 Å². The van der Waals surface area contributed by atoms with E-state index in [0.29, 0.717) is 30.6 Å². The molecule has 2 bridgehead atoms. The molecule has 4 rings (SSSR count). The highest BCUT2D eigenvalue weighted by Crippen LogP contribution is 2.37. The molecule has 2 N–H and O–H groups in total. The van der Waals surface area contributed by atoms with E-state index in [0.717, 1.165) is 18.9 Å². The largest absolute Gasteiger partial charge is 0.369 e. The van der Waals surface area contributed by atoms with Gasteiger partial charge in [-0.1, -0.05) is 0 Å². The van der Waals surface area contributed by atoms with Crippen LogP contribution in [0.3, 0.4) is 0 Å². The molecule has 1 amide bonds. The summed E-state index contributed by atoms with van der Waals surface area (Å²) in [4.78, 5) is 25.1. The molecular weight excluding hydrogens is 314 g/mol. The van der Waals surface area contributed by atoms with E-state index in [1.54, 1.807) is 0 Å². The smallest absolute Gasteiger partial charge is 0.231 e. The number of hydrogen-bond donors (Lipinski definition) is 1. The second kappa shape index (κ2) is 7.00. The number of carbonyl (C=O) groups excluding carboxylic acids is 1. The number of rotatable bonds is 4. The van der Waals surface area contributed by atoms with Gasteiger partial charge >= 0.3 is 0 Å². The predicted octanol–water partition coefficient (Wildman–Crippen LogP) is 1.45. The molecule has 1 aliphatic carbocycles. The van der Waals surface area contributed by atoms with Gasteiger partial charge in [-0.15, -0.1) is 0 Å². The molecule has 2 aliphatic heterocycles. The van der Waals surface area contributed by atoms with Crippen LogP contribution in [0.1, 0.15) is 55.8 Å². The van der Waals surface area contributed by atoms with E-state index in [4.69, 9.17) is 5.73 Å². The molecule has 25 heavy (non-hydrogen) atoms. The van der Waals surface area contributed by atoms with Gasteiger partial charge in [0.25, 0.3) is 0 Å². The lowest BCUT2D eigenvalue weighted by Crippen LogP contribution is -2.58. The summed E-state index contributed by atoms with van der Waals surface area (Å²) in [6, 6.07) is 1.74. The van der Waals surface area contributed by atoms with E-state index < -0.39 is 0 Å². The highest BCUT2D eigenvalue weighted by molar-refractivity contribution is 5.76. The minimum absolute atomic E-state index is 0.189. The molecular formula is C19H29N5O. The van der Waals surface area contributed by atoms with Crippen molar-refractivity contribution in [1.82, 2.24) is 19.8 Å². The molecule has 1 saturated carbocycles. The topological polar surface area (TPSA) is 75.3 Å². The Bertz CT molecular complexity index is 597. The van der Waals surface area contributed by atoms with Crippen LogP contribution in [0.15, 0.2) is 12.4 Å². The van der Waals surface area contributed by atoms with Gasteiger partial charge in [-0.3, -0.25) is 14.6 Å². The summed E-state index contributed by atoms with van der Waals surface area (Å²) in [5, 5.41) is 0. The highest BCUT2D eigenvalue weighted by atomic mass is 16.1. The van der Waals surface area contributed by atoms with E-state index in [1.165, 1.54) is 44.1 Å². The summed E-state index contributed by atoms with van der Waals surface area (Å²) in [7, 11) is 0. The summed E-state index contributed by atoms with van der Waals surface area (Å²) in [5.41, 5.74) is 6.73. The molecule has 6 heteroatoms. The fourth-order valence-corrected chi connectivity index (χ4v) is 5.15. The first-order valence-corrected chi connectivity index (χ1v) is 9.67. The van der Waals surface area contributed by atoms with E-state index >= 15 is 0 Å². The first-order valence-electron chi connectivity index (χ1n) is 9.67. The van der Waals surface area contributed by atoms with Crippen molar-refractivity contribution in [2.75, 3.05) is 19.6 Å². The number of amides is 1. The van der Waals surface area contributed by atoms with E-state index in [9.17, 15) is 4.79 Å². The summed E-state index contributed by atoms with van der Waals surface area (Å²) in [6.07, 6.45) is 11.4. The number of hydrogen-bond acceptors (Lipinski definition) is 5. The van der Waals surface area contributed by atoms with Crippen LogP contribution in [-0.2, 0) is 4.79 Å². The molecule has 2 saturated heterocycles. The SMILES string of the molecule is Cc1ncc(C2CCC(N3CC4CCC(C3)N4CC(N)=O)CC2)cn1. The maximum atomic E-state index is 11.3. The number of primary amides is 1. The van der Waals surface area contributed by atoms with Crippen LogP contribution in [0.5, 0.6) is 0 Å². The second-order valence-electron chi connectivity index (χ2n) is 8.05. The second-order valence-corrected chi connectivity index (χ2v) is 8.05. The number of piperazine rings is 1. The third-order valence-corrected chi connectivity index (χ3v) is 6.49. The van der Waals surface area contributed by atoms with Crippen molar-refractivity contribution in [3.05, 3.63) is 23.8 Å². The number of aryl methyl sites for hydroxylation is 1. The number of nitrogens with zero attached hydrogens (tertiary/aromatic N) is 4. The lowest BCUT2D eigenvalue weighted by Gasteiger charge is -2.45. The van der Waals surface area contributed by atoms with Gasteiger partial charge in [0, 0.05) is 43.6 Å². The highest BCUT2D eigenvalue weighted by Gasteiger charge is 2.42. The van der Waals surface area contributed by atoms with Crippen molar-refractivity contribution in [2.45, 2.75) is 69.5 Å². The minimum atomic E-state index is -0.189. The van der Waals surface area contributed by atoms with Crippen LogP contribution in [0.25, 0.3) is 0 Å². The van der Waals surface area contributed by atoms with Gasteiger partial charge in [0.15, 0.2) is 0 Å². The van der Waals surface area contributed by atoms with Gasteiger partial charge in [0.2, 0.25) is 5.91 Å². The van der Waals surface area contributed by atoms with E-state index in [2.05, 4.69) is 19.8 Å². The van der Waals surface area contributed by atoms with Crippen molar-refractivity contribution in [3.8, 4) is 0 Å². The number of likely N-dealkylation sites (tertiary alicyclic amines) is 1. The van der Waals surface area contributed by atoms with Crippen LogP contribution >= 0.6 is 0 Å². The average Bonchev–Trinajstić information content (AvgIpc) is 2.83. The van der Waals surface area contributed by atoms with Crippen molar-refractivity contribution >= 4 is 5.91 Å². The molecule has 6 nitrogen and oxygen atoms in total. The van der Waals surface area contributed by atoms with E-state index in [1.807, 2.05) is 19.3 Å². The van der Waals surface area contributed by atoms with Gasteiger partial charge in [0.05, 0.1) is 6.54 Å². The Labute approximate surface area is 149 Å². The maximum absolute atomic E-state index is 11.3. The Balaban J connectivity index is 1.33. The average molecular weight is 343 g/mol. The standard InChI is InChI=1S/C19H29N5O/c1-13-21-8-15(9-22-13)14-2-4-16(5-3-14)23-10-17-6-7-18(11-23)24(17)12-19(20)25/h8-9,14,16-18H,2-7,10-12H2,1H3,(H2,20,25). The maximum Gasteiger partial charge on any atom is 0.231 e. The minimum Gasteiger partial charge on any atom is -0.369 e. The van der Waals surface area contributed by atoms with Gasteiger partial charge in [-0.25, -0.2) is 9.97 Å². The zero-order valence-corrected chi connectivity index (χ0v) is 15.1. The molecule has 3 heterocycles. The Morgan fingerprint density at radius 1 is 1.04 bits per heavy atom. The fraction of sp³-hybridized carbons (Fsp3) is 0.737. The zero-order chi connectivity index (χ0) is 17.4. The molecule has 3 fully saturated rings. The van der Waals surface area contributed by atoms with Crippen molar-refractivity contribution < 1.29 is 4.79 Å². The summed E-state index contributed by atoms with van der Waals surface area (Å²) in [5.74, 6) is 1.28. The number of carbonyl (C=O) groups is 1. The quantitative estimate of drug-likeness (QED) is 0.895. The van der Waals surface area contributed by atoms with Gasteiger partial charge in [0.1, 0.15) is 5.82 Å². The molecule has 0 aromatic carbocycles. The lowest BCUT2D eigenvalue weighted by atomic mass is 9.82. The molecule has 136 valence electrons. The van der Waals surface area contributed by atoms with Crippen LogP contribution in [0.4, 0.5) is 0 Å². The predicted molar refractivity (Wildman–Crippen MR) is 96.0 cm³/mol. The van der Waals surface area contributed by atoms with Gasteiger partial charge in [-0.2, -0.15) is 0 Å². The van der Waals surface area contributed by atoms with Crippen molar-refractivity contribution in [3.63, 3.8) is 0 Å². The molecule has 0 spiro atoms. The third-order valence-electron chi connectivity index (χ3n) is 6.49. The normalized spacial score (nSPS) is 33.5. The fourth-order valence-electron chi connectivity index (χ4n) is 5.15. The Morgan fingerprint density at radius 2 is 1.60 bits per heavy atom. The Hall–Kier alpha value is -1.53. The Kier molecular flexibility index (Phi) is 4.73. The molecule has 1 aromatic heterocycles. The number of aromatic nitrogens is 2. The number of fused-ring (bicyclic) bond motifs is 2. The summed E-state index contributed by atoms with van der Waals surface area (Å²) in [6.45, 7) is 4.58. The number of nitrogens with two attached hydrogens (primary N) is 1. The van der Waals surface area contributed by atoms with Crippen LogP contribution in [0, 0.1) is 6.92 Å². The molecule has 2 atom stereocenters. The zero-order valence-electron chi connectivity index (χ0n) is 15.1. The Morgan fingerprint density at radius 3 is 2.16 bits per heavy atom. The van der Waals surface area contributed by atoms with Crippen LogP contribution in [-0.4, -0.2) is 63.4 Å². The molecule has 2 unspecified atom stereocenters. The summed E-state index contributed by atoms with van der Waals surface area (Å²) < 4.78 is 0. The summed E-state index contributed by atoms with van der Waals surface area (Å²) >= 11 is 0. The van der Waals surface area contributed by atoms with Crippen molar-refractivity contribution in [1.29, 1.82) is 0 Å². The third kappa shape index (κ3) is 3.55. The first kappa shape index (κ1) is 16.9. The molecule has 1 aromatic rings. The molecule has 3 aliphatic rings. The van der Waals surface area contributed by atoms with E-state index in [-0.39, 0.29) is 5.91 Å². The van der Waals surface area contributed by atoms with Gasteiger partial charge < -0.3 is 5.73 Å². The lowest BCUT2D eigenvalue weighted by molar-refractivity contribution is -0.120. The molecule has 0 radical (unpaired) electrons. The van der Waals surface area contributed by atoms with Crippen LogP contribution < -0.4 is 5.73 Å². The van der Waals surface area contributed by atoms with Gasteiger partial charge in [-0.05, 0) is 56.9 Å². The van der Waals surface area contributed by atoms with Crippen molar-refractivity contribution in [2.24, 2.45) is 5.73 Å².